The number of aromatic carboxylic acids is 1. The number of pyridine rings is 2. The fourth-order valence-corrected chi connectivity index (χ4v) is 6.18. The van der Waals surface area contributed by atoms with E-state index in [9.17, 15) is 28.2 Å². The number of carboxylic acid groups (broad SMARTS) is 1. The van der Waals surface area contributed by atoms with Gasteiger partial charge in [0.2, 0.25) is 0 Å². The molecule has 0 fully saturated rings. The van der Waals surface area contributed by atoms with Crippen LogP contribution < -0.4 is 10.3 Å². The van der Waals surface area contributed by atoms with Crippen LogP contribution in [-0.2, 0) is 18.2 Å². The molecule has 1 atom stereocenters. The van der Waals surface area contributed by atoms with Gasteiger partial charge < -0.3 is 15.5 Å². The number of thiazole rings is 1. The van der Waals surface area contributed by atoms with E-state index < -0.39 is 23.3 Å². The van der Waals surface area contributed by atoms with Gasteiger partial charge in [-0.05, 0) is 89.1 Å². The van der Waals surface area contributed by atoms with Gasteiger partial charge in [0.25, 0.3) is 5.01 Å². The highest BCUT2D eigenvalue weighted by Gasteiger charge is 2.43. The predicted molar refractivity (Wildman–Crippen MR) is 138 cm³/mol. The molecule has 5 rings (SSSR count). The number of H-pyrrole nitrogens is 1. The molecule has 1 aliphatic carbocycles. The number of carbonyl (C=O) groups is 1. The van der Waals surface area contributed by atoms with Crippen molar-refractivity contribution < 1.29 is 33.2 Å². The maximum atomic E-state index is 13.1. The lowest BCUT2D eigenvalue weighted by Gasteiger charge is -2.30. The maximum Gasteiger partial charge on any atom is 0.416 e. The van der Waals surface area contributed by atoms with Crippen LogP contribution in [0.3, 0.4) is 0 Å². The lowest BCUT2D eigenvalue weighted by Crippen LogP contribution is -2.35. The topological polar surface area (TPSA) is 109 Å². The first kappa shape index (κ1) is 26.3. The molecular weight excluding hydrogens is 585 g/mol. The van der Waals surface area contributed by atoms with Gasteiger partial charge in [0.1, 0.15) is 22.2 Å². The van der Waals surface area contributed by atoms with Crippen molar-refractivity contribution >= 4 is 44.9 Å². The number of hydrogen-bond donors (Lipinski definition) is 3. The number of aromatic amines is 1. The predicted octanol–water partition coefficient (Wildman–Crippen LogP) is 6.12. The van der Waals surface area contributed by atoms with Gasteiger partial charge in [0.05, 0.1) is 11.1 Å². The number of benzene rings is 1. The van der Waals surface area contributed by atoms with Gasteiger partial charge in [-0.1, -0.05) is 17.4 Å². The molecule has 3 aromatic heterocycles. The normalized spacial score (nSPS) is 17.2. The number of anilines is 2. The van der Waals surface area contributed by atoms with Crippen molar-refractivity contribution in [3.63, 3.8) is 0 Å². The molecule has 4 N–H and O–H groups in total. The summed E-state index contributed by atoms with van der Waals surface area (Å²) in [7, 11) is 0. The van der Waals surface area contributed by atoms with Crippen molar-refractivity contribution in [1.29, 1.82) is 0 Å². The Balaban J connectivity index is 1.49. The fourth-order valence-electron chi connectivity index (χ4n) is 4.55. The summed E-state index contributed by atoms with van der Waals surface area (Å²) in [5.74, 6) is -0.704. The second-order valence-corrected chi connectivity index (χ2v) is 10.9. The molecule has 196 valence electrons. The Hall–Kier alpha value is -3.35. The maximum absolute atomic E-state index is 13.1. The molecule has 38 heavy (non-hydrogen) atoms. The van der Waals surface area contributed by atoms with Crippen molar-refractivity contribution in [1.82, 2.24) is 9.97 Å². The van der Waals surface area contributed by atoms with Crippen LogP contribution in [0.2, 0.25) is 0 Å². The highest BCUT2D eigenvalue weighted by atomic mass is 79.9. The van der Waals surface area contributed by atoms with E-state index in [-0.39, 0.29) is 11.4 Å². The molecule has 0 bridgehead atoms. The molecule has 7 nitrogen and oxygen atoms in total. The Bertz CT molecular complexity index is 1560. The summed E-state index contributed by atoms with van der Waals surface area (Å²) < 4.78 is 40.1. The van der Waals surface area contributed by atoms with Crippen molar-refractivity contribution in [3.05, 3.63) is 86.1 Å². The summed E-state index contributed by atoms with van der Waals surface area (Å²) in [4.78, 5) is 23.9. The van der Waals surface area contributed by atoms with E-state index in [1.807, 2.05) is 6.92 Å². The average molecular weight is 606 g/mol. The molecule has 0 spiro atoms. The number of nitrogens with zero attached hydrogens (tertiary/aromatic N) is 2. The van der Waals surface area contributed by atoms with Crippen LogP contribution in [0, 0.1) is 6.92 Å². The fraction of sp³-hybridized carbons (Fsp3) is 0.231. The van der Waals surface area contributed by atoms with Gasteiger partial charge in [-0.2, -0.15) is 13.2 Å². The van der Waals surface area contributed by atoms with Crippen molar-refractivity contribution in [2.24, 2.45) is 0 Å². The minimum Gasteiger partial charge on any atom is -0.478 e. The lowest BCUT2D eigenvalue weighted by atomic mass is 9.79. The Kier molecular flexibility index (Phi) is 6.74. The van der Waals surface area contributed by atoms with Crippen LogP contribution in [0.4, 0.5) is 24.8 Å². The van der Waals surface area contributed by atoms with Gasteiger partial charge >= 0.3 is 12.1 Å². The SMILES string of the molecule is Cc1cc(Nc2cc(C(F)(F)F)ccn2)nc(-c2c[nH+]c(C3(O)CCCc4cc(C(=O)O)ccc43)s2)c1Br. The van der Waals surface area contributed by atoms with Crippen LogP contribution >= 0.6 is 27.3 Å². The summed E-state index contributed by atoms with van der Waals surface area (Å²) in [6.45, 7) is 1.84. The third-order valence-corrected chi connectivity index (χ3v) is 8.61. The number of halogens is 4. The number of hydrogen-bond acceptors (Lipinski definition) is 6. The van der Waals surface area contributed by atoms with Crippen LogP contribution in [0.5, 0.6) is 0 Å². The first-order chi connectivity index (χ1) is 18.0. The number of nitrogens with one attached hydrogen (secondary N) is 2. The molecule has 0 aliphatic heterocycles. The van der Waals surface area contributed by atoms with E-state index in [0.717, 1.165) is 29.5 Å². The minimum atomic E-state index is -4.50. The van der Waals surface area contributed by atoms with Crippen LogP contribution in [-0.4, -0.2) is 26.2 Å². The van der Waals surface area contributed by atoms with Crippen LogP contribution in [0.1, 0.15) is 50.5 Å². The average Bonchev–Trinajstić information content (AvgIpc) is 3.37. The van der Waals surface area contributed by atoms with Crippen molar-refractivity contribution in [2.45, 2.75) is 38.0 Å². The van der Waals surface area contributed by atoms with Gasteiger partial charge in [-0.15, -0.1) is 0 Å². The molecule has 4 aromatic rings. The van der Waals surface area contributed by atoms with Crippen LogP contribution in [0.25, 0.3) is 10.6 Å². The van der Waals surface area contributed by atoms with Crippen molar-refractivity contribution in [2.75, 3.05) is 5.32 Å². The second-order valence-electron chi connectivity index (χ2n) is 9.01. The number of rotatable bonds is 5. The number of aliphatic hydroxyl groups is 1. The first-order valence-electron chi connectivity index (χ1n) is 11.5. The Morgan fingerprint density at radius 1 is 1.21 bits per heavy atom. The third-order valence-electron chi connectivity index (χ3n) is 6.42. The highest BCUT2D eigenvalue weighted by molar-refractivity contribution is 9.10. The van der Waals surface area contributed by atoms with E-state index in [4.69, 9.17) is 0 Å². The molecule has 0 amide bonds. The van der Waals surface area contributed by atoms with E-state index in [1.54, 1.807) is 24.4 Å². The number of fused-ring (bicyclic) bond motifs is 1. The molecule has 3 heterocycles. The smallest absolute Gasteiger partial charge is 0.416 e. The van der Waals surface area contributed by atoms with Gasteiger partial charge in [0, 0.05) is 10.7 Å². The Morgan fingerprint density at radius 2 is 2.00 bits per heavy atom. The van der Waals surface area contributed by atoms with Gasteiger partial charge in [0.15, 0.2) is 11.8 Å². The molecule has 1 unspecified atom stereocenters. The summed E-state index contributed by atoms with van der Waals surface area (Å²) in [6.07, 6.45) is 0.110. The molecule has 12 heteroatoms. The largest absolute Gasteiger partial charge is 0.478 e. The Labute approximate surface area is 227 Å². The van der Waals surface area contributed by atoms with Gasteiger partial charge in [-0.3, -0.25) is 0 Å². The monoisotopic (exact) mass is 605 g/mol. The molecule has 0 radical (unpaired) electrons. The summed E-state index contributed by atoms with van der Waals surface area (Å²) in [5.41, 5.74) is 0.803. The Morgan fingerprint density at radius 3 is 2.74 bits per heavy atom. The van der Waals surface area contributed by atoms with E-state index in [0.29, 0.717) is 50.7 Å². The highest BCUT2D eigenvalue weighted by Crippen LogP contribution is 2.43. The molecule has 1 aliphatic rings. The summed E-state index contributed by atoms with van der Waals surface area (Å²) >= 11 is 4.86. The van der Waals surface area contributed by atoms with Gasteiger partial charge in [-0.25, -0.2) is 19.7 Å². The van der Waals surface area contributed by atoms with Crippen LogP contribution in [0.15, 0.2) is 53.3 Å². The van der Waals surface area contributed by atoms with E-state index >= 15 is 0 Å². The molecular formula is C26H21BrF3N4O3S+. The van der Waals surface area contributed by atoms with E-state index in [2.05, 4.69) is 36.2 Å². The van der Waals surface area contributed by atoms with E-state index in [1.165, 1.54) is 17.4 Å². The quantitative estimate of drug-likeness (QED) is 0.253. The lowest BCUT2D eigenvalue weighted by molar-refractivity contribution is -0.397. The number of alkyl halides is 3. The molecule has 0 saturated heterocycles. The zero-order valence-electron chi connectivity index (χ0n) is 19.9. The second kappa shape index (κ2) is 9.75. The zero-order chi connectivity index (χ0) is 27.2. The minimum absolute atomic E-state index is 0.00674. The zero-order valence-corrected chi connectivity index (χ0v) is 22.3. The number of carboxylic acids is 1. The van der Waals surface area contributed by atoms with Crippen molar-refractivity contribution in [3.8, 4) is 10.6 Å². The third kappa shape index (κ3) is 4.91. The molecule has 1 aromatic carbocycles. The standard InChI is InChI=1S/C26H20BrF3N4O3S/c1-13-9-20(33-19-11-16(6-8-31-19)26(28,29)30)34-22(21(13)27)18-12-32-24(38-18)25(37)7-2-3-14-10-15(23(35)36)4-5-17(14)25/h4-6,8-12,37H,2-3,7H2,1H3,(H,35,36)(H,31,33,34)/p+1. The molecule has 0 saturated carbocycles. The summed E-state index contributed by atoms with van der Waals surface area (Å²) in [5, 5.41) is 24.5. The summed E-state index contributed by atoms with van der Waals surface area (Å²) in [6, 6.07) is 8.27. The number of aryl methyl sites for hydroxylation is 2. The number of aromatic nitrogens is 3. The first-order valence-corrected chi connectivity index (χ1v) is 13.2.